The Balaban J connectivity index is 1.94. The van der Waals surface area contributed by atoms with Crippen LogP contribution in [0.5, 0.6) is 0 Å². The summed E-state index contributed by atoms with van der Waals surface area (Å²) in [7, 11) is 3.97. The summed E-state index contributed by atoms with van der Waals surface area (Å²) >= 11 is 0. The fourth-order valence-corrected chi connectivity index (χ4v) is 1.81. The molecule has 1 aromatic rings. The third-order valence-electron chi connectivity index (χ3n) is 2.89. The zero-order chi connectivity index (χ0) is 13.0. The monoisotopic (exact) mass is 249 g/mol. The molecule has 1 saturated heterocycles. The van der Waals surface area contributed by atoms with Crippen molar-refractivity contribution in [2.75, 3.05) is 44.1 Å². The molecule has 1 amide bonds. The SMILES string of the molecule is CN(C)c1ccc(NC(=O)C2COCCN2)cc1. The lowest BCUT2D eigenvalue weighted by molar-refractivity contribution is -0.120. The van der Waals surface area contributed by atoms with E-state index >= 15 is 0 Å². The van der Waals surface area contributed by atoms with Crippen LogP contribution in [-0.2, 0) is 9.53 Å². The normalized spacial score (nSPS) is 19.3. The zero-order valence-corrected chi connectivity index (χ0v) is 10.8. The predicted octanol–water partition coefficient (Wildman–Crippen LogP) is 0.679. The summed E-state index contributed by atoms with van der Waals surface area (Å²) in [4.78, 5) is 13.9. The first-order valence-corrected chi connectivity index (χ1v) is 6.06. The molecule has 0 aliphatic carbocycles. The second-order valence-electron chi connectivity index (χ2n) is 4.51. The maximum Gasteiger partial charge on any atom is 0.243 e. The molecular weight excluding hydrogens is 230 g/mol. The minimum Gasteiger partial charge on any atom is -0.378 e. The summed E-state index contributed by atoms with van der Waals surface area (Å²) < 4.78 is 5.26. The van der Waals surface area contributed by atoms with E-state index in [9.17, 15) is 4.79 Å². The predicted molar refractivity (Wildman–Crippen MR) is 72.0 cm³/mol. The molecular formula is C13H19N3O2. The van der Waals surface area contributed by atoms with E-state index in [-0.39, 0.29) is 11.9 Å². The van der Waals surface area contributed by atoms with Gasteiger partial charge >= 0.3 is 0 Å². The van der Waals surface area contributed by atoms with E-state index in [1.807, 2.05) is 43.3 Å². The molecule has 0 bridgehead atoms. The lowest BCUT2D eigenvalue weighted by atomic mass is 10.2. The van der Waals surface area contributed by atoms with Gasteiger partial charge in [-0.15, -0.1) is 0 Å². The molecule has 0 spiro atoms. The number of nitrogens with one attached hydrogen (secondary N) is 2. The Kier molecular flexibility index (Phi) is 4.17. The van der Waals surface area contributed by atoms with Gasteiger partial charge in [-0.3, -0.25) is 4.79 Å². The van der Waals surface area contributed by atoms with E-state index in [2.05, 4.69) is 10.6 Å². The molecule has 18 heavy (non-hydrogen) atoms. The first-order valence-electron chi connectivity index (χ1n) is 6.06. The van der Waals surface area contributed by atoms with Gasteiger partial charge in [0.15, 0.2) is 0 Å². The molecule has 1 atom stereocenters. The first kappa shape index (κ1) is 12.9. The molecule has 1 heterocycles. The van der Waals surface area contributed by atoms with Crippen LogP contribution in [0, 0.1) is 0 Å². The average Bonchev–Trinajstić information content (AvgIpc) is 2.40. The average molecular weight is 249 g/mol. The van der Waals surface area contributed by atoms with E-state index in [0.717, 1.165) is 17.9 Å². The maximum atomic E-state index is 11.9. The van der Waals surface area contributed by atoms with E-state index < -0.39 is 0 Å². The van der Waals surface area contributed by atoms with E-state index in [0.29, 0.717) is 13.2 Å². The molecule has 0 aromatic heterocycles. The van der Waals surface area contributed by atoms with Crippen molar-refractivity contribution in [1.29, 1.82) is 0 Å². The lowest BCUT2D eigenvalue weighted by Crippen LogP contribution is -2.48. The molecule has 2 rings (SSSR count). The summed E-state index contributed by atoms with van der Waals surface area (Å²) in [5.41, 5.74) is 1.91. The van der Waals surface area contributed by atoms with Crippen LogP contribution in [0.3, 0.4) is 0 Å². The van der Waals surface area contributed by atoms with Crippen LogP contribution < -0.4 is 15.5 Å². The van der Waals surface area contributed by atoms with Gasteiger partial charge in [0.2, 0.25) is 5.91 Å². The summed E-state index contributed by atoms with van der Waals surface area (Å²) in [5, 5.41) is 6.00. The molecule has 5 nitrogen and oxygen atoms in total. The topological polar surface area (TPSA) is 53.6 Å². The number of anilines is 2. The van der Waals surface area contributed by atoms with E-state index in [1.165, 1.54) is 0 Å². The Labute approximate surface area is 107 Å². The first-order chi connectivity index (χ1) is 8.66. The number of rotatable bonds is 3. The van der Waals surface area contributed by atoms with Gasteiger partial charge in [0, 0.05) is 32.0 Å². The fourth-order valence-electron chi connectivity index (χ4n) is 1.81. The molecule has 98 valence electrons. The van der Waals surface area contributed by atoms with Crippen molar-refractivity contribution in [2.24, 2.45) is 0 Å². The van der Waals surface area contributed by atoms with Crippen molar-refractivity contribution in [3.05, 3.63) is 24.3 Å². The summed E-state index contributed by atoms with van der Waals surface area (Å²) in [5.74, 6) is -0.0488. The fraction of sp³-hybridized carbons (Fsp3) is 0.462. The minimum atomic E-state index is -0.257. The molecule has 1 aliphatic rings. The number of hydrogen-bond donors (Lipinski definition) is 2. The molecule has 1 aromatic carbocycles. The number of carbonyl (C=O) groups is 1. The van der Waals surface area contributed by atoms with Crippen LogP contribution in [-0.4, -0.2) is 45.8 Å². The minimum absolute atomic E-state index is 0.0488. The molecule has 2 N–H and O–H groups in total. The van der Waals surface area contributed by atoms with Crippen molar-refractivity contribution in [3.63, 3.8) is 0 Å². The number of amides is 1. The number of hydrogen-bond acceptors (Lipinski definition) is 4. The third-order valence-corrected chi connectivity index (χ3v) is 2.89. The van der Waals surface area contributed by atoms with E-state index in [4.69, 9.17) is 4.74 Å². The van der Waals surface area contributed by atoms with Crippen molar-refractivity contribution in [2.45, 2.75) is 6.04 Å². The summed E-state index contributed by atoms with van der Waals surface area (Å²) in [6.45, 7) is 1.82. The lowest BCUT2D eigenvalue weighted by Gasteiger charge is -2.23. The zero-order valence-electron chi connectivity index (χ0n) is 10.8. The van der Waals surface area contributed by atoms with Gasteiger partial charge in [0.25, 0.3) is 0 Å². The van der Waals surface area contributed by atoms with Gasteiger partial charge in [0.1, 0.15) is 6.04 Å². The highest BCUT2D eigenvalue weighted by molar-refractivity contribution is 5.95. The van der Waals surface area contributed by atoms with Crippen LogP contribution in [0.15, 0.2) is 24.3 Å². The Hall–Kier alpha value is -1.59. The van der Waals surface area contributed by atoms with Gasteiger partial charge in [0.05, 0.1) is 13.2 Å². The second-order valence-corrected chi connectivity index (χ2v) is 4.51. The standard InChI is InChI=1S/C13H19N3O2/c1-16(2)11-5-3-10(4-6-11)15-13(17)12-9-18-8-7-14-12/h3-6,12,14H,7-9H2,1-2H3,(H,15,17). The number of carbonyl (C=O) groups excluding carboxylic acids is 1. The number of ether oxygens (including phenoxy) is 1. The highest BCUT2D eigenvalue weighted by Crippen LogP contribution is 2.15. The van der Waals surface area contributed by atoms with E-state index in [1.54, 1.807) is 0 Å². The number of benzene rings is 1. The Bertz CT molecular complexity index is 397. The molecule has 5 heteroatoms. The van der Waals surface area contributed by atoms with Crippen LogP contribution in [0.2, 0.25) is 0 Å². The number of nitrogens with zero attached hydrogens (tertiary/aromatic N) is 1. The number of morpholine rings is 1. The van der Waals surface area contributed by atoms with Crippen LogP contribution in [0.25, 0.3) is 0 Å². The van der Waals surface area contributed by atoms with Crippen LogP contribution >= 0.6 is 0 Å². The van der Waals surface area contributed by atoms with Crippen molar-refractivity contribution >= 4 is 17.3 Å². The Morgan fingerprint density at radius 3 is 2.67 bits per heavy atom. The summed E-state index contributed by atoms with van der Waals surface area (Å²) in [6.07, 6.45) is 0. The van der Waals surface area contributed by atoms with Crippen LogP contribution in [0.1, 0.15) is 0 Å². The van der Waals surface area contributed by atoms with Gasteiger partial charge in [-0.2, -0.15) is 0 Å². The van der Waals surface area contributed by atoms with Gasteiger partial charge < -0.3 is 20.3 Å². The molecule has 1 aliphatic heterocycles. The van der Waals surface area contributed by atoms with Gasteiger partial charge in [-0.25, -0.2) is 0 Å². The Morgan fingerprint density at radius 2 is 2.11 bits per heavy atom. The quantitative estimate of drug-likeness (QED) is 0.827. The molecule has 0 saturated carbocycles. The second kappa shape index (κ2) is 5.84. The van der Waals surface area contributed by atoms with Gasteiger partial charge in [-0.05, 0) is 24.3 Å². The summed E-state index contributed by atoms with van der Waals surface area (Å²) in [6, 6.07) is 7.49. The highest BCUT2D eigenvalue weighted by Gasteiger charge is 2.20. The molecule has 1 unspecified atom stereocenters. The smallest absolute Gasteiger partial charge is 0.243 e. The highest BCUT2D eigenvalue weighted by atomic mass is 16.5. The molecule has 0 radical (unpaired) electrons. The van der Waals surface area contributed by atoms with Crippen LogP contribution in [0.4, 0.5) is 11.4 Å². The third kappa shape index (κ3) is 3.21. The van der Waals surface area contributed by atoms with Crippen molar-refractivity contribution in [1.82, 2.24) is 5.32 Å². The van der Waals surface area contributed by atoms with Crippen molar-refractivity contribution in [3.8, 4) is 0 Å². The van der Waals surface area contributed by atoms with Gasteiger partial charge in [-0.1, -0.05) is 0 Å². The maximum absolute atomic E-state index is 11.9. The largest absolute Gasteiger partial charge is 0.378 e. The Morgan fingerprint density at radius 1 is 1.39 bits per heavy atom. The molecule has 1 fully saturated rings. The van der Waals surface area contributed by atoms with Crippen molar-refractivity contribution < 1.29 is 9.53 Å².